The summed E-state index contributed by atoms with van der Waals surface area (Å²) in [5.74, 6) is 0. The van der Waals surface area contributed by atoms with Crippen LogP contribution in [0.5, 0.6) is 0 Å². The quantitative estimate of drug-likeness (QED) is 0.494. The summed E-state index contributed by atoms with van der Waals surface area (Å²) < 4.78 is 9.29. The van der Waals surface area contributed by atoms with Crippen molar-refractivity contribution in [1.82, 2.24) is 29.3 Å². The highest BCUT2D eigenvalue weighted by atomic mass is 16.6. The number of aromatic nitrogens is 5. The molecule has 4 aromatic rings. The van der Waals surface area contributed by atoms with Gasteiger partial charge >= 0.3 is 6.09 Å². The standard InChI is InChI=1S/C23H25N7O2/c1-17(20-5-3-4-8-24-20)32-23(31)29-11-9-28(10-12-29)22-14-26-30-16-18(6-7-21(22)30)19-13-25-27(2)15-19/h3-8,13-17H,9-12H2,1-2H3/t17-/m1/s1. The van der Waals surface area contributed by atoms with E-state index in [0.29, 0.717) is 13.1 Å². The molecule has 1 atom stereocenters. The molecule has 4 aromatic heterocycles. The van der Waals surface area contributed by atoms with Gasteiger partial charge in [-0.3, -0.25) is 9.67 Å². The second-order valence-corrected chi connectivity index (χ2v) is 7.93. The number of amides is 1. The number of fused-ring (bicyclic) bond motifs is 1. The predicted molar refractivity (Wildman–Crippen MR) is 120 cm³/mol. The second-order valence-electron chi connectivity index (χ2n) is 7.93. The SMILES string of the molecule is C[C@@H](OC(=O)N1CCN(c2cnn3cc(-c4cnn(C)c4)ccc23)CC1)c1ccccn1. The van der Waals surface area contributed by atoms with E-state index in [4.69, 9.17) is 4.74 Å². The molecule has 0 saturated carbocycles. The van der Waals surface area contributed by atoms with Gasteiger partial charge in [-0.05, 0) is 25.1 Å². The van der Waals surface area contributed by atoms with Crippen molar-refractivity contribution in [2.45, 2.75) is 13.0 Å². The van der Waals surface area contributed by atoms with Gasteiger partial charge in [-0.25, -0.2) is 9.31 Å². The number of ether oxygens (including phenoxy) is 1. The van der Waals surface area contributed by atoms with Gasteiger partial charge < -0.3 is 14.5 Å². The molecule has 0 spiro atoms. The van der Waals surface area contributed by atoms with Crippen LogP contribution in [0.4, 0.5) is 10.5 Å². The maximum absolute atomic E-state index is 12.6. The minimum absolute atomic E-state index is 0.302. The fourth-order valence-electron chi connectivity index (χ4n) is 3.99. The number of nitrogens with zero attached hydrogens (tertiary/aromatic N) is 7. The van der Waals surface area contributed by atoms with Crippen LogP contribution in [0.3, 0.4) is 0 Å². The molecular formula is C23H25N7O2. The van der Waals surface area contributed by atoms with Gasteiger partial charge in [0.1, 0.15) is 6.10 Å². The highest BCUT2D eigenvalue weighted by Crippen LogP contribution is 2.26. The summed E-state index contributed by atoms with van der Waals surface area (Å²) in [4.78, 5) is 20.9. The van der Waals surface area contributed by atoms with E-state index in [1.807, 2.05) is 61.5 Å². The molecule has 9 nitrogen and oxygen atoms in total. The van der Waals surface area contributed by atoms with Crippen LogP contribution >= 0.6 is 0 Å². The first-order chi connectivity index (χ1) is 15.6. The van der Waals surface area contributed by atoms with Gasteiger partial charge in [-0.15, -0.1) is 0 Å². The van der Waals surface area contributed by atoms with Crippen molar-refractivity contribution < 1.29 is 9.53 Å². The van der Waals surface area contributed by atoms with E-state index < -0.39 is 0 Å². The third-order valence-electron chi connectivity index (χ3n) is 5.79. The lowest BCUT2D eigenvalue weighted by atomic mass is 10.1. The molecule has 1 amide bonds. The lowest BCUT2D eigenvalue weighted by Crippen LogP contribution is -2.49. The van der Waals surface area contributed by atoms with Gasteiger partial charge in [0.05, 0.1) is 29.3 Å². The summed E-state index contributed by atoms with van der Waals surface area (Å²) in [5.41, 5.74) is 4.97. The molecule has 0 bridgehead atoms. The number of piperazine rings is 1. The van der Waals surface area contributed by atoms with E-state index in [0.717, 1.165) is 41.1 Å². The van der Waals surface area contributed by atoms with Gasteiger partial charge in [-0.2, -0.15) is 10.2 Å². The largest absolute Gasteiger partial charge is 0.440 e. The molecule has 1 aliphatic heterocycles. The fourth-order valence-corrected chi connectivity index (χ4v) is 3.99. The molecule has 0 aliphatic carbocycles. The van der Waals surface area contributed by atoms with Crippen LogP contribution in [-0.4, -0.2) is 61.6 Å². The Bertz CT molecular complexity index is 1230. The minimum Gasteiger partial charge on any atom is -0.440 e. The third kappa shape index (κ3) is 3.89. The van der Waals surface area contributed by atoms with Crippen LogP contribution in [0.2, 0.25) is 0 Å². The van der Waals surface area contributed by atoms with Crippen molar-refractivity contribution in [2.75, 3.05) is 31.1 Å². The Kier molecular flexibility index (Phi) is 5.22. The van der Waals surface area contributed by atoms with E-state index >= 15 is 0 Å². The molecule has 0 radical (unpaired) electrons. The van der Waals surface area contributed by atoms with E-state index in [2.05, 4.69) is 32.2 Å². The predicted octanol–water partition coefficient (Wildman–Crippen LogP) is 3.15. The molecule has 1 fully saturated rings. The molecular weight excluding hydrogens is 406 g/mol. The van der Waals surface area contributed by atoms with Crippen molar-refractivity contribution in [3.63, 3.8) is 0 Å². The Morgan fingerprint density at radius 3 is 2.56 bits per heavy atom. The molecule has 5 heterocycles. The van der Waals surface area contributed by atoms with Crippen molar-refractivity contribution in [3.8, 4) is 11.1 Å². The van der Waals surface area contributed by atoms with Gasteiger partial charge in [0.25, 0.3) is 0 Å². The summed E-state index contributed by atoms with van der Waals surface area (Å²) in [6, 6.07) is 9.77. The van der Waals surface area contributed by atoms with E-state index in [9.17, 15) is 4.79 Å². The first-order valence-electron chi connectivity index (χ1n) is 10.7. The highest BCUT2D eigenvalue weighted by molar-refractivity contribution is 5.76. The van der Waals surface area contributed by atoms with Crippen LogP contribution < -0.4 is 4.90 Å². The van der Waals surface area contributed by atoms with Crippen LogP contribution in [0, 0.1) is 0 Å². The van der Waals surface area contributed by atoms with Crippen LogP contribution in [0.1, 0.15) is 18.7 Å². The minimum atomic E-state index is -0.379. The van der Waals surface area contributed by atoms with E-state index in [1.165, 1.54) is 0 Å². The van der Waals surface area contributed by atoms with Gasteiger partial charge in [0, 0.05) is 62.9 Å². The molecule has 9 heteroatoms. The zero-order valence-corrected chi connectivity index (χ0v) is 18.1. The number of hydrogen-bond acceptors (Lipinski definition) is 6. The molecule has 0 aromatic carbocycles. The number of rotatable bonds is 4. The Balaban J connectivity index is 1.23. The monoisotopic (exact) mass is 431 g/mol. The second kappa shape index (κ2) is 8.33. The Labute approximate surface area is 185 Å². The normalized spacial score (nSPS) is 15.2. The Morgan fingerprint density at radius 2 is 1.84 bits per heavy atom. The number of pyridine rings is 2. The van der Waals surface area contributed by atoms with Crippen molar-refractivity contribution >= 4 is 17.3 Å². The molecule has 0 N–H and O–H groups in total. The first-order valence-corrected chi connectivity index (χ1v) is 10.7. The maximum atomic E-state index is 12.6. The summed E-state index contributed by atoms with van der Waals surface area (Å²) in [5, 5.41) is 8.79. The lowest BCUT2D eigenvalue weighted by molar-refractivity contribution is 0.0665. The Morgan fingerprint density at radius 1 is 1.00 bits per heavy atom. The summed E-state index contributed by atoms with van der Waals surface area (Å²) >= 11 is 0. The molecule has 0 unspecified atom stereocenters. The molecule has 1 saturated heterocycles. The van der Waals surface area contributed by atoms with Crippen LogP contribution in [-0.2, 0) is 11.8 Å². The number of carbonyl (C=O) groups is 1. The molecule has 1 aliphatic rings. The van der Waals surface area contributed by atoms with Crippen molar-refractivity contribution in [2.24, 2.45) is 7.05 Å². The number of carbonyl (C=O) groups excluding carboxylic acids is 1. The van der Waals surface area contributed by atoms with E-state index in [1.54, 1.807) is 15.8 Å². The van der Waals surface area contributed by atoms with Gasteiger partial charge in [-0.1, -0.05) is 12.1 Å². The number of anilines is 1. The topological polar surface area (TPSA) is 80.8 Å². The smallest absolute Gasteiger partial charge is 0.410 e. The zero-order valence-electron chi connectivity index (χ0n) is 18.1. The number of aryl methyl sites for hydroxylation is 1. The van der Waals surface area contributed by atoms with Gasteiger partial charge in [0.2, 0.25) is 0 Å². The molecule has 5 rings (SSSR count). The number of hydrogen-bond donors (Lipinski definition) is 0. The molecule has 164 valence electrons. The average molecular weight is 432 g/mol. The fraction of sp³-hybridized carbons (Fsp3) is 0.304. The third-order valence-corrected chi connectivity index (χ3v) is 5.79. The van der Waals surface area contributed by atoms with E-state index in [-0.39, 0.29) is 12.2 Å². The summed E-state index contributed by atoms with van der Waals surface area (Å²) in [6.07, 6.45) is 8.76. The van der Waals surface area contributed by atoms with Crippen molar-refractivity contribution in [3.05, 3.63) is 67.0 Å². The first kappa shape index (κ1) is 20.0. The summed E-state index contributed by atoms with van der Waals surface area (Å²) in [6.45, 7) is 4.48. The van der Waals surface area contributed by atoms with Gasteiger partial charge in [0.15, 0.2) is 0 Å². The van der Waals surface area contributed by atoms with Crippen LogP contribution in [0.15, 0.2) is 61.3 Å². The zero-order chi connectivity index (χ0) is 22.1. The molecule has 32 heavy (non-hydrogen) atoms. The lowest BCUT2D eigenvalue weighted by Gasteiger charge is -2.35. The summed E-state index contributed by atoms with van der Waals surface area (Å²) in [7, 11) is 1.91. The van der Waals surface area contributed by atoms with Crippen molar-refractivity contribution in [1.29, 1.82) is 0 Å². The maximum Gasteiger partial charge on any atom is 0.410 e. The highest BCUT2D eigenvalue weighted by Gasteiger charge is 2.25. The Hall–Kier alpha value is -3.88. The average Bonchev–Trinajstić information content (AvgIpc) is 3.45. The van der Waals surface area contributed by atoms with Crippen LogP contribution in [0.25, 0.3) is 16.6 Å².